The predicted molar refractivity (Wildman–Crippen MR) is 78.9 cm³/mol. The van der Waals surface area contributed by atoms with Crippen LogP contribution in [0.2, 0.25) is 5.02 Å². The summed E-state index contributed by atoms with van der Waals surface area (Å²) in [4.78, 5) is 22.8. The number of rotatable bonds is 4. The minimum absolute atomic E-state index is 0.0189. The van der Waals surface area contributed by atoms with Crippen LogP contribution in [-0.2, 0) is 11.2 Å². The van der Waals surface area contributed by atoms with Crippen LogP contribution in [0.4, 0.5) is 5.69 Å². The van der Waals surface area contributed by atoms with Crippen molar-refractivity contribution in [3.63, 3.8) is 0 Å². The van der Waals surface area contributed by atoms with Crippen molar-refractivity contribution in [2.75, 3.05) is 5.32 Å². The SMILES string of the molecule is O=C(Cc1ccc(Cl)cc1)Nc1cc(C(=O)O)ccc1O. The summed E-state index contributed by atoms with van der Waals surface area (Å²) in [5.74, 6) is -1.69. The molecule has 0 aliphatic rings. The van der Waals surface area contributed by atoms with Crippen LogP contribution in [-0.4, -0.2) is 22.1 Å². The van der Waals surface area contributed by atoms with Gasteiger partial charge in [0.05, 0.1) is 17.7 Å². The minimum Gasteiger partial charge on any atom is -0.506 e. The van der Waals surface area contributed by atoms with E-state index in [1.54, 1.807) is 24.3 Å². The molecule has 3 N–H and O–H groups in total. The number of carboxylic acids is 1. The lowest BCUT2D eigenvalue weighted by atomic mass is 10.1. The van der Waals surface area contributed by atoms with Crippen LogP contribution in [0.25, 0.3) is 0 Å². The number of aromatic hydroxyl groups is 1. The van der Waals surface area contributed by atoms with Crippen LogP contribution in [0.1, 0.15) is 15.9 Å². The summed E-state index contributed by atoms with van der Waals surface area (Å²) in [6.45, 7) is 0. The lowest BCUT2D eigenvalue weighted by molar-refractivity contribution is -0.115. The zero-order chi connectivity index (χ0) is 15.4. The molecule has 0 heterocycles. The van der Waals surface area contributed by atoms with Gasteiger partial charge in [-0.25, -0.2) is 4.79 Å². The second-order valence-corrected chi connectivity index (χ2v) is 4.82. The number of anilines is 1. The molecule has 0 saturated carbocycles. The largest absolute Gasteiger partial charge is 0.506 e. The number of nitrogens with one attached hydrogen (secondary N) is 1. The van der Waals surface area contributed by atoms with Gasteiger partial charge >= 0.3 is 5.97 Å². The summed E-state index contributed by atoms with van der Waals surface area (Å²) in [5.41, 5.74) is 0.800. The number of benzene rings is 2. The van der Waals surface area contributed by atoms with Gasteiger partial charge in [-0.15, -0.1) is 0 Å². The first kappa shape index (κ1) is 14.9. The molecular weight excluding hydrogens is 294 g/mol. The van der Waals surface area contributed by atoms with Crippen LogP contribution in [0, 0.1) is 0 Å². The van der Waals surface area contributed by atoms with Gasteiger partial charge in [-0.1, -0.05) is 23.7 Å². The van der Waals surface area contributed by atoms with Gasteiger partial charge in [-0.3, -0.25) is 4.79 Å². The fraction of sp³-hybridized carbons (Fsp3) is 0.0667. The van der Waals surface area contributed by atoms with Crippen LogP contribution in [0.5, 0.6) is 5.75 Å². The number of carbonyl (C=O) groups is 2. The Bertz CT molecular complexity index is 683. The van der Waals surface area contributed by atoms with E-state index in [0.29, 0.717) is 5.02 Å². The minimum atomic E-state index is -1.14. The first-order chi connectivity index (χ1) is 9.95. The van der Waals surface area contributed by atoms with Gasteiger partial charge in [0, 0.05) is 5.02 Å². The smallest absolute Gasteiger partial charge is 0.335 e. The number of hydrogen-bond acceptors (Lipinski definition) is 3. The summed E-state index contributed by atoms with van der Waals surface area (Å²) in [6.07, 6.45) is 0.0912. The Labute approximate surface area is 125 Å². The van der Waals surface area contributed by atoms with E-state index in [1.807, 2.05) is 0 Å². The van der Waals surface area contributed by atoms with E-state index in [9.17, 15) is 14.7 Å². The second-order valence-electron chi connectivity index (χ2n) is 4.39. The molecule has 2 aromatic rings. The number of carboxylic acid groups (broad SMARTS) is 1. The van der Waals surface area contributed by atoms with Gasteiger partial charge in [-0.05, 0) is 35.9 Å². The van der Waals surface area contributed by atoms with Gasteiger partial charge < -0.3 is 15.5 Å². The van der Waals surface area contributed by atoms with Crippen molar-refractivity contribution >= 4 is 29.2 Å². The molecule has 0 fully saturated rings. The van der Waals surface area contributed by atoms with Crippen molar-refractivity contribution in [1.29, 1.82) is 0 Å². The third kappa shape index (κ3) is 3.97. The normalized spacial score (nSPS) is 10.1. The van der Waals surface area contributed by atoms with E-state index in [-0.39, 0.29) is 29.3 Å². The van der Waals surface area contributed by atoms with E-state index >= 15 is 0 Å². The van der Waals surface area contributed by atoms with Crippen molar-refractivity contribution in [2.45, 2.75) is 6.42 Å². The third-order valence-electron chi connectivity index (χ3n) is 2.80. The maximum atomic E-state index is 11.9. The van der Waals surface area contributed by atoms with Crippen LogP contribution in [0.15, 0.2) is 42.5 Å². The number of phenolic OH excluding ortho intramolecular Hbond substituents is 1. The highest BCUT2D eigenvalue weighted by atomic mass is 35.5. The molecular formula is C15H12ClNO4. The van der Waals surface area contributed by atoms with Crippen LogP contribution < -0.4 is 5.32 Å². The number of carbonyl (C=O) groups excluding carboxylic acids is 1. The molecule has 6 heteroatoms. The Morgan fingerprint density at radius 1 is 1.10 bits per heavy atom. The van der Waals surface area contributed by atoms with E-state index in [1.165, 1.54) is 18.2 Å². The molecule has 2 aromatic carbocycles. The van der Waals surface area contributed by atoms with E-state index in [4.69, 9.17) is 16.7 Å². The van der Waals surface area contributed by atoms with Crippen LogP contribution >= 0.6 is 11.6 Å². The number of phenols is 1. The summed E-state index contributed by atoms with van der Waals surface area (Å²) in [6, 6.07) is 10.5. The molecule has 0 unspecified atom stereocenters. The highest BCUT2D eigenvalue weighted by Gasteiger charge is 2.11. The fourth-order valence-corrected chi connectivity index (χ4v) is 1.88. The molecule has 2 rings (SSSR count). The molecule has 1 amide bonds. The first-order valence-corrected chi connectivity index (χ1v) is 6.44. The van der Waals surface area contributed by atoms with Crippen molar-refractivity contribution in [2.24, 2.45) is 0 Å². The quantitative estimate of drug-likeness (QED) is 0.758. The Hall–Kier alpha value is -2.53. The number of halogens is 1. The molecule has 0 radical (unpaired) electrons. The number of hydrogen-bond donors (Lipinski definition) is 3. The molecule has 0 atom stereocenters. The standard InChI is InChI=1S/C15H12ClNO4/c16-11-4-1-9(2-5-11)7-14(19)17-12-8-10(15(20)21)3-6-13(12)18/h1-6,8,18H,7H2,(H,17,19)(H,20,21). The first-order valence-electron chi connectivity index (χ1n) is 6.06. The number of aromatic carboxylic acids is 1. The van der Waals surface area contributed by atoms with Crippen molar-refractivity contribution in [3.05, 3.63) is 58.6 Å². The maximum absolute atomic E-state index is 11.9. The fourth-order valence-electron chi connectivity index (χ4n) is 1.75. The molecule has 0 bridgehead atoms. The monoisotopic (exact) mass is 305 g/mol. The average Bonchev–Trinajstić information content (AvgIpc) is 2.43. The molecule has 21 heavy (non-hydrogen) atoms. The molecule has 5 nitrogen and oxygen atoms in total. The molecule has 0 aliphatic heterocycles. The van der Waals surface area contributed by atoms with Crippen LogP contribution in [0.3, 0.4) is 0 Å². The zero-order valence-electron chi connectivity index (χ0n) is 10.8. The molecule has 0 aliphatic carbocycles. The Kier molecular flexibility index (Phi) is 4.45. The van der Waals surface area contributed by atoms with E-state index in [2.05, 4.69) is 5.32 Å². The topological polar surface area (TPSA) is 86.6 Å². The van der Waals surface area contributed by atoms with Crippen molar-refractivity contribution in [3.8, 4) is 5.75 Å². The molecule has 0 saturated heterocycles. The highest BCUT2D eigenvalue weighted by Crippen LogP contribution is 2.24. The molecule has 0 aromatic heterocycles. The number of amides is 1. The summed E-state index contributed by atoms with van der Waals surface area (Å²) < 4.78 is 0. The second kappa shape index (κ2) is 6.28. The third-order valence-corrected chi connectivity index (χ3v) is 3.05. The summed E-state index contributed by atoms with van der Waals surface area (Å²) >= 11 is 5.76. The Morgan fingerprint density at radius 3 is 2.38 bits per heavy atom. The molecule has 108 valence electrons. The Balaban J connectivity index is 2.10. The summed E-state index contributed by atoms with van der Waals surface area (Å²) in [5, 5.41) is 21.6. The van der Waals surface area contributed by atoms with Gasteiger partial charge in [0.25, 0.3) is 0 Å². The highest BCUT2D eigenvalue weighted by molar-refractivity contribution is 6.30. The zero-order valence-corrected chi connectivity index (χ0v) is 11.6. The molecule has 0 spiro atoms. The predicted octanol–water partition coefficient (Wildman–Crippen LogP) is 2.93. The van der Waals surface area contributed by atoms with Gasteiger partial charge in [0.15, 0.2) is 0 Å². The van der Waals surface area contributed by atoms with Gasteiger partial charge in [-0.2, -0.15) is 0 Å². The van der Waals surface area contributed by atoms with E-state index in [0.717, 1.165) is 5.56 Å². The lowest BCUT2D eigenvalue weighted by Gasteiger charge is -2.08. The maximum Gasteiger partial charge on any atom is 0.335 e. The van der Waals surface area contributed by atoms with Gasteiger partial charge in [0.1, 0.15) is 5.75 Å². The van der Waals surface area contributed by atoms with Crippen molar-refractivity contribution < 1.29 is 19.8 Å². The Morgan fingerprint density at radius 2 is 1.76 bits per heavy atom. The van der Waals surface area contributed by atoms with Gasteiger partial charge in [0.2, 0.25) is 5.91 Å². The van der Waals surface area contributed by atoms with E-state index < -0.39 is 5.97 Å². The average molecular weight is 306 g/mol. The lowest BCUT2D eigenvalue weighted by Crippen LogP contribution is -2.15. The van der Waals surface area contributed by atoms with Crippen molar-refractivity contribution in [1.82, 2.24) is 0 Å². The summed E-state index contributed by atoms with van der Waals surface area (Å²) in [7, 11) is 0.